The van der Waals surface area contributed by atoms with Gasteiger partial charge in [-0.2, -0.15) is 0 Å². The van der Waals surface area contributed by atoms with Crippen LogP contribution in [-0.4, -0.2) is 23.7 Å². The summed E-state index contributed by atoms with van der Waals surface area (Å²) in [7, 11) is 0. The van der Waals surface area contributed by atoms with E-state index in [2.05, 4.69) is 55.4 Å². The zero-order valence-electron chi connectivity index (χ0n) is 15.7. The van der Waals surface area contributed by atoms with Crippen LogP contribution in [0.4, 0.5) is 0 Å². The van der Waals surface area contributed by atoms with Gasteiger partial charge in [0.15, 0.2) is 11.7 Å². The van der Waals surface area contributed by atoms with Crippen molar-refractivity contribution in [3.8, 4) is 0 Å². The van der Waals surface area contributed by atoms with Crippen LogP contribution >= 0.6 is 24.0 Å². The van der Waals surface area contributed by atoms with E-state index in [1.165, 1.54) is 25.7 Å². The van der Waals surface area contributed by atoms with Crippen molar-refractivity contribution in [2.24, 2.45) is 10.4 Å². The second-order valence-corrected chi connectivity index (χ2v) is 7.65. The van der Waals surface area contributed by atoms with Crippen LogP contribution in [0.3, 0.4) is 0 Å². The lowest BCUT2D eigenvalue weighted by Crippen LogP contribution is -2.45. The van der Waals surface area contributed by atoms with E-state index in [1.807, 2.05) is 6.07 Å². The highest BCUT2D eigenvalue weighted by molar-refractivity contribution is 14.0. The molecule has 0 saturated heterocycles. The summed E-state index contributed by atoms with van der Waals surface area (Å²) in [6.07, 6.45) is 4.95. The maximum atomic E-state index is 5.36. The quantitative estimate of drug-likeness (QED) is 0.397. The van der Waals surface area contributed by atoms with Crippen LogP contribution in [0.5, 0.6) is 0 Å². The predicted octanol–water partition coefficient (Wildman–Crippen LogP) is 4.44. The van der Waals surface area contributed by atoms with Crippen molar-refractivity contribution >= 4 is 29.9 Å². The summed E-state index contributed by atoms with van der Waals surface area (Å²) in [5, 5.41) is 11.0. The third-order valence-electron chi connectivity index (χ3n) is 4.59. The van der Waals surface area contributed by atoms with E-state index in [4.69, 9.17) is 4.52 Å². The van der Waals surface area contributed by atoms with Crippen LogP contribution in [0.15, 0.2) is 15.6 Å². The van der Waals surface area contributed by atoms with Gasteiger partial charge in [0, 0.05) is 18.7 Å². The molecule has 5 nitrogen and oxygen atoms in total. The zero-order chi connectivity index (χ0) is 16.9. The summed E-state index contributed by atoms with van der Waals surface area (Å²) in [5.74, 6) is 2.07. The van der Waals surface area contributed by atoms with E-state index in [-0.39, 0.29) is 24.0 Å². The summed E-state index contributed by atoms with van der Waals surface area (Å²) in [6.45, 7) is 12.4. The molecule has 1 saturated carbocycles. The van der Waals surface area contributed by atoms with Gasteiger partial charge in [-0.25, -0.2) is 4.99 Å². The predicted molar refractivity (Wildman–Crippen MR) is 110 cm³/mol. The highest BCUT2D eigenvalue weighted by atomic mass is 127. The molecule has 0 spiro atoms. The SMILES string of the molecule is CCNC(=NCc1cc(C(C)C)no1)NC1CCC(C)(C)CC1.I. The average molecular weight is 448 g/mol. The zero-order valence-corrected chi connectivity index (χ0v) is 18.0. The minimum atomic E-state index is 0. The van der Waals surface area contributed by atoms with Gasteiger partial charge in [-0.05, 0) is 43.9 Å². The fraction of sp³-hybridized carbons (Fsp3) is 0.778. The maximum absolute atomic E-state index is 5.36. The second kappa shape index (κ2) is 9.63. The summed E-state index contributed by atoms with van der Waals surface area (Å²) in [4.78, 5) is 4.65. The van der Waals surface area contributed by atoms with Gasteiger partial charge in [-0.3, -0.25) is 0 Å². The number of nitrogens with one attached hydrogen (secondary N) is 2. The van der Waals surface area contributed by atoms with Gasteiger partial charge in [0.25, 0.3) is 0 Å². The number of aromatic nitrogens is 1. The third kappa shape index (κ3) is 6.61. The lowest BCUT2D eigenvalue weighted by atomic mass is 9.75. The van der Waals surface area contributed by atoms with Gasteiger partial charge < -0.3 is 15.2 Å². The Labute approximate surface area is 163 Å². The first kappa shape index (κ1) is 21.3. The molecule has 0 unspecified atom stereocenters. The number of hydrogen-bond donors (Lipinski definition) is 2. The van der Waals surface area contributed by atoms with Crippen LogP contribution in [0.25, 0.3) is 0 Å². The Morgan fingerprint density at radius 3 is 2.58 bits per heavy atom. The number of aliphatic imine (C=N–C) groups is 1. The van der Waals surface area contributed by atoms with E-state index in [0.717, 1.165) is 24.0 Å². The number of rotatable bonds is 5. The summed E-state index contributed by atoms with van der Waals surface area (Å²) in [5.41, 5.74) is 1.48. The molecule has 1 fully saturated rings. The highest BCUT2D eigenvalue weighted by Gasteiger charge is 2.27. The average Bonchev–Trinajstić information content (AvgIpc) is 2.96. The molecule has 1 aliphatic carbocycles. The Morgan fingerprint density at radius 1 is 1.38 bits per heavy atom. The Balaban J connectivity index is 0.00000288. The van der Waals surface area contributed by atoms with E-state index in [1.54, 1.807) is 0 Å². The highest BCUT2D eigenvalue weighted by Crippen LogP contribution is 2.34. The molecule has 138 valence electrons. The summed E-state index contributed by atoms with van der Waals surface area (Å²) < 4.78 is 5.36. The fourth-order valence-electron chi connectivity index (χ4n) is 2.89. The topological polar surface area (TPSA) is 62.5 Å². The first-order chi connectivity index (χ1) is 10.9. The van der Waals surface area contributed by atoms with E-state index in [0.29, 0.717) is 23.9 Å². The van der Waals surface area contributed by atoms with Gasteiger partial charge >= 0.3 is 0 Å². The smallest absolute Gasteiger partial charge is 0.191 e. The molecule has 1 aromatic rings. The van der Waals surface area contributed by atoms with Crippen LogP contribution in [0.1, 0.15) is 77.7 Å². The van der Waals surface area contributed by atoms with Gasteiger partial charge in [-0.1, -0.05) is 32.9 Å². The summed E-state index contributed by atoms with van der Waals surface area (Å²) in [6, 6.07) is 2.52. The molecule has 0 atom stereocenters. The minimum Gasteiger partial charge on any atom is -0.359 e. The largest absolute Gasteiger partial charge is 0.359 e. The van der Waals surface area contributed by atoms with E-state index >= 15 is 0 Å². The standard InChI is InChI=1S/C18H32N4O.HI/c1-6-19-17(21-14-7-9-18(4,5)10-8-14)20-12-15-11-16(13(2)3)22-23-15;/h11,13-14H,6-10,12H2,1-5H3,(H2,19,20,21);1H. The van der Waals surface area contributed by atoms with Crippen LogP contribution in [0, 0.1) is 5.41 Å². The lowest BCUT2D eigenvalue weighted by molar-refractivity contribution is 0.216. The van der Waals surface area contributed by atoms with Gasteiger partial charge in [0.1, 0.15) is 6.54 Å². The Morgan fingerprint density at radius 2 is 2.04 bits per heavy atom. The molecule has 0 radical (unpaired) electrons. The molecule has 2 N–H and O–H groups in total. The first-order valence-electron chi connectivity index (χ1n) is 8.90. The van der Waals surface area contributed by atoms with Crippen LogP contribution in [0.2, 0.25) is 0 Å². The van der Waals surface area contributed by atoms with Crippen molar-refractivity contribution in [1.82, 2.24) is 15.8 Å². The summed E-state index contributed by atoms with van der Waals surface area (Å²) >= 11 is 0. The number of halogens is 1. The Hall–Kier alpha value is -0.790. The Bertz CT molecular complexity index is 515. The second-order valence-electron chi connectivity index (χ2n) is 7.65. The molecule has 0 aliphatic heterocycles. The van der Waals surface area contributed by atoms with Crippen molar-refractivity contribution < 1.29 is 4.52 Å². The monoisotopic (exact) mass is 448 g/mol. The first-order valence-corrected chi connectivity index (χ1v) is 8.90. The van der Waals surface area contributed by atoms with E-state index < -0.39 is 0 Å². The van der Waals surface area contributed by atoms with Gasteiger partial charge in [0.05, 0.1) is 5.69 Å². The number of hydrogen-bond acceptors (Lipinski definition) is 3. The molecule has 24 heavy (non-hydrogen) atoms. The van der Waals surface area contributed by atoms with Crippen molar-refractivity contribution in [3.63, 3.8) is 0 Å². The molecule has 0 aromatic carbocycles. The number of guanidine groups is 1. The molecule has 6 heteroatoms. The van der Waals surface area contributed by atoms with Crippen LogP contribution < -0.4 is 10.6 Å². The molecule has 1 aliphatic rings. The van der Waals surface area contributed by atoms with Gasteiger partial charge in [-0.15, -0.1) is 24.0 Å². The minimum absolute atomic E-state index is 0. The van der Waals surface area contributed by atoms with Crippen molar-refractivity contribution in [2.75, 3.05) is 6.54 Å². The van der Waals surface area contributed by atoms with Gasteiger partial charge in [0.2, 0.25) is 0 Å². The molecule has 2 rings (SSSR count). The fourth-order valence-corrected chi connectivity index (χ4v) is 2.89. The molecule has 0 bridgehead atoms. The van der Waals surface area contributed by atoms with Crippen molar-refractivity contribution in [3.05, 3.63) is 17.5 Å². The molecule has 0 amide bonds. The van der Waals surface area contributed by atoms with Crippen molar-refractivity contribution in [1.29, 1.82) is 0 Å². The maximum Gasteiger partial charge on any atom is 0.191 e. The Kier molecular flexibility index (Phi) is 8.53. The lowest BCUT2D eigenvalue weighted by Gasteiger charge is -2.35. The van der Waals surface area contributed by atoms with Crippen molar-refractivity contribution in [2.45, 2.75) is 78.8 Å². The third-order valence-corrected chi connectivity index (χ3v) is 4.59. The van der Waals surface area contributed by atoms with E-state index in [9.17, 15) is 0 Å². The molecular formula is C18H33IN4O. The van der Waals surface area contributed by atoms with Crippen LogP contribution in [-0.2, 0) is 6.54 Å². The molecule has 1 heterocycles. The molecular weight excluding hydrogens is 415 g/mol. The molecule has 1 aromatic heterocycles. The number of nitrogens with zero attached hydrogens (tertiary/aromatic N) is 2. The normalized spacial score (nSPS) is 18.3.